The molecule has 0 spiro atoms. The van der Waals surface area contributed by atoms with Gasteiger partial charge in [-0.25, -0.2) is 9.97 Å². The Hall–Kier alpha value is -1.85. The van der Waals surface area contributed by atoms with E-state index in [4.69, 9.17) is 11.6 Å². The van der Waals surface area contributed by atoms with Crippen molar-refractivity contribution in [1.29, 1.82) is 0 Å². The first-order valence-corrected chi connectivity index (χ1v) is 7.74. The van der Waals surface area contributed by atoms with Crippen LogP contribution < -0.4 is 0 Å². The summed E-state index contributed by atoms with van der Waals surface area (Å²) < 4.78 is 0. The molecule has 0 atom stereocenters. The van der Waals surface area contributed by atoms with Gasteiger partial charge in [0.15, 0.2) is 0 Å². The fraction of sp³-hybridized carbons (Fsp3) is 0.375. The lowest BCUT2D eigenvalue weighted by molar-refractivity contribution is 0.321. The molecule has 116 valence electrons. The first kappa shape index (κ1) is 15.1. The Kier molecular flexibility index (Phi) is 4.18. The van der Waals surface area contributed by atoms with Gasteiger partial charge in [-0.2, -0.15) is 0 Å². The molecule has 2 aromatic heterocycles. The Morgan fingerprint density at radius 2 is 1.95 bits per heavy atom. The SMILES string of the molecule is Cc1nc(CN(C)CCc2nc3ccc(Cl)cc3[nH]2)[nH]c1C. The summed E-state index contributed by atoms with van der Waals surface area (Å²) in [7, 11) is 2.09. The van der Waals surface area contributed by atoms with Gasteiger partial charge in [-0.15, -0.1) is 0 Å². The van der Waals surface area contributed by atoms with Crippen LogP contribution in [0.15, 0.2) is 18.2 Å². The van der Waals surface area contributed by atoms with Gasteiger partial charge < -0.3 is 9.97 Å². The third-order valence-electron chi connectivity index (χ3n) is 3.82. The average molecular weight is 318 g/mol. The van der Waals surface area contributed by atoms with Crippen LogP contribution in [0.5, 0.6) is 0 Å². The van der Waals surface area contributed by atoms with E-state index in [1.54, 1.807) is 0 Å². The van der Waals surface area contributed by atoms with E-state index < -0.39 is 0 Å². The normalized spacial score (nSPS) is 11.7. The minimum absolute atomic E-state index is 0.725. The topological polar surface area (TPSA) is 60.6 Å². The number of hydrogen-bond donors (Lipinski definition) is 2. The molecule has 0 fully saturated rings. The van der Waals surface area contributed by atoms with Gasteiger partial charge in [0.05, 0.1) is 23.3 Å². The lowest BCUT2D eigenvalue weighted by atomic mass is 10.3. The van der Waals surface area contributed by atoms with Gasteiger partial charge in [-0.1, -0.05) is 11.6 Å². The number of H-pyrrole nitrogens is 2. The molecule has 0 radical (unpaired) electrons. The van der Waals surface area contributed by atoms with Crippen molar-refractivity contribution in [2.75, 3.05) is 13.6 Å². The Balaban J connectivity index is 1.60. The van der Waals surface area contributed by atoms with Gasteiger partial charge in [-0.3, -0.25) is 4.90 Å². The maximum absolute atomic E-state index is 5.99. The molecule has 1 aromatic carbocycles. The molecular weight excluding hydrogens is 298 g/mol. The van der Waals surface area contributed by atoms with E-state index in [9.17, 15) is 0 Å². The number of nitrogens with one attached hydrogen (secondary N) is 2. The summed E-state index contributed by atoms with van der Waals surface area (Å²) in [6.45, 7) is 5.79. The minimum atomic E-state index is 0.725. The van der Waals surface area contributed by atoms with Gasteiger partial charge >= 0.3 is 0 Å². The van der Waals surface area contributed by atoms with Gasteiger partial charge in [0.1, 0.15) is 11.6 Å². The van der Waals surface area contributed by atoms with Crippen LogP contribution in [0.25, 0.3) is 11.0 Å². The Labute approximate surface area is 134 Å². The number of halogens is 1. The van der Waals surface area contributed by atoms with E-state index in [1.807, 2.05) is 32.0 Å². The molecule has 0 amide bonds. The molecule has 0 saturated heterocycles. The summed E-state index contributed by atoms with van der Waals surface area (Å²) >= 11 is 5.99. The highest BCUT2D eigenvalue weighted by molar-refractivity contribution is 6.31. The molecule has 0 bridgehead atoms. The number of aromatic nitrogens is 4. The molecular formula is C16H20ClN5. The van der Waals surface area contributed by atoms with Crippen LogP contribution in [0.4, 0.5) is 0 Å². The predicted octanol–water partition coefficient (Wildman–Crippen LogP) is 3.23. The number of aryl methyl sites for hydroxylation is 2. The molecule has 0 aliphatic carbocycles. The summed E-state index contributed by atoms with van der Waals surface area (Å²) in [6.07, 6.45) is 0.863. The number of hydrogen-bond acceptors (Lipinski definition) is 3. The number of fused-ring (bicyclic) bond motifs is 1. The van der Waals surface area contributed by atoms with Crippen molar-refractivity contribution in [3.8, 4) is 0 Å². The number of rotatable bonds is 5. The second-order valence-electron chi connectivity index (χ2n) is 5.73. The molecule has 0 unspecified atom stereocenters. The van der Waals surface area contributed by atoms with Gasteiger partial charge in [0, 0.05) is 23.7 Å². The maximum Gasteiger partial charge on any atom is 0.120 e. The van der Waals surface area contributed by atoms with Crippen molar-refractivity contribution in [3.63, 3.8) is 0 Å². The number of imidazole rings is 2. The molecule has 2 N–H and O–H groups in total. The third-order valence-corrected chi connectivity index (χ3v) is 4.06. The van der Waals surface area contributed by atoms with Crippen molar-refractivity contribution in [3.05, 3.63) is 46.3 Å². The number of nitrogens with zero attached hydrogens (tertiary/aromatic N) is 3. The Morgan fingerprint density at radius 1 is 1.14 bits per heavy atom. The highest BCUT2D eigenvalue weighted by Crippen LogP contribution is 2.17. The second kappa shape index (κ2) is 6.10. The molecule has 3 rings (SSSR count). The van der Waals surface area contributed by atoms with Crippen LogP contribution in [-0.2, 0) is 13.0 Å². The van der Waals surface area contributed by atoms with Gasteiger partial charge in [0.2, 0.25) is 0 Å². The van der Waals surface area contributed by atoms with E-state index >= 15 is 0 Å². The summed E-state index contributed by atoms with van der Waals surface area (Å²) in [6, 6.07) is 5.71. The number of aromatic amines is 2. The van der Waals surface area contributed by atoms with Crippen LogP contribution in [-0.4, -0.2) is 38.4 Å². The lowest BCUT2D eigenvalue weighted by Gasteiger charge is -2.13. The molecule has 6 heteroatoms. The Morgan fingerprint density at radius 3 is 2.68 bits per heavy atom. The largest absolute Gasteiger partial charge is 0.345 e. The molecule has 2 heterocycles. The molecule has 3 aromatic rings. The molecule has 0 aliphatic rings. The number of benzene rings is 1. The quantitative estimate of drug-likeness (QED) is 0.759. The zero-order valence-corrected chi connectivity index (χ0v) is 13.8. The zero-order valence-electron chi connectivity index (χ0n) is 13.1. The summed E-state index contributed by atoms with van der Waals surface area (Å²) in [5, 5.41) is 0.725. The van der Waals surface area contributed by atoms with Crippen molar-refractivity contribution < 1.29 is 0 Å². The van der Waals surface area contributed by atoms with E-state index in [-0.39, 0.29) is 0 Å². The fourth-order valence-electron chi connectivity index (χ4n) is 2.48. The lowest BCUT2D eigenvalue weighted by Crippen LogP contribution is -2.21. The third kappa shape index (κ3) is 3.31. The predicted molar refractivity (Wildman–Crippen MR) is 89.2 cm³/mol. The van der Waals surface area contributed by atoms with Crippen LogP contribution in [0.2, 0.25) is 5.02 Å². The van der Waals surface area contributed by atoms with E-state index in [0.29, 0.717) is 0 Å². The van der Waals surface area contributed by atoms with E-state index in [0.717, 1.165) is 58.6 Å². The standard InChI is InChI=1S/C16H20ClN5/c1-10-11(2)19-16(18-10)9-22(3)7-6-15-20-13-5-4-12(17)8-14(13)21-15/h4-5,8H,6-7,9H2,1-3H3,(H,18,19)(H,20,21). The highest BCUT2D eigenvalue weighted by atomic mass is 35.5. The molecule has 5 nitrogen and oxygen atoms in total. The molecule has 22 heavy (non-hydrogen) atoms. The number of likely N-dealkylation sites (N-methyl/N-ethyl adjacent to an activating group) is 1. The van der Waals surface area contributed by atoms with Crippen LogP contribution in [0.1, 0.15) is 23.0 Å². The monoisotopic (exact) mass is 317 g/mol. The molecule has 0 saturated carbocycles. The van der Waals surface area contributed by atoms with Gasteiger partial charge in [0.25, 0.3) is 0 Å². The summed E-state index contributed by atoms with van der Waals surface area (Å²) in [5.74, 6) is 1.99. The first-order chi connectivity index (χ1) is 10.5. The summed E-state index contributed by atoms with van der Waals surface area (Å²) in [5.41, 5.74) is 4.15. The highest BCUT2D eigenvalue weighted by Gasteiger charge is 2.08. The minimum Gasteiger partial charge on any atom is -0.345 e. The van der Waals surface area contributed by atoms with E-state index in [2.05, 4.69) is 31.9 Å². The zero-order chi connectivity index (χ0) is 15.7. The Bertz CT molecular complexity index is 770. The second-order valence-corrected chi connectivity index (χ2v) is 6.16. The summed E-state index contributed by atoms with van der Waals surface area (Å²) in [4.78, 5) is 18.0. The van der Waals surface area contributed by atoms with Crippen LogP contribution in [0.3, 0.4) is 0 Å². The van der Waals surface area contributed by atoms with Crippen molar-refractivity contribution in [2.45, 2.75) is 26.8 Å². The van der Waals surface area contributed by atoms with Gasteiger partial charge in [-0.05, 0) is 39.1 Å². The first-order valence-electron chi connectivity index (χ1n) is 7.36. The smallest absolute Gasteiger partial charge is 0.120 e. The van der Waals surface area contributed by atoms with Crippen LogP contribution >= 0.6 is 11.6 Å². The van der Waals surface area contributed by atoms with Crippen molar-refractivity contribution in [1.82, 2.24) is 24.8 Å². The molecule has 0 aliphatic heterocycles. The van der Waals surface area contributed by atoms with Crippen LogP contribution in [0, 0.1) is 13.8 Å². The van der Waals surface area contributed by atoms with E-state index in [1.165, 1.54) is 0 Å². The average Bonchev–Trinajstić information content (AvgIpc) is 2.99. The van der Waals surface area contributed by atoms with Crippen molar-refractivity contribution >= 4 is 22.6 Å². The maximum atomic E-state index is 5.99. The van der Waals surface area contributed by atoms with Crippen molar-refractivity contribution in [2.24, 2.45) is 0 Å². The fourth-order valence-corrected chi connectivity index (χ4v) is 2.65.